The Balaban J connectivity index is 2.33. The molecule has 0 aliphatic rings. The van der Waals surface area contributed by atoms with Crippen LogP contribution in [0, 0.1) is 0 Å². The first kappa shape index (κ1) is 14.1. The normalized spacial score (nSPS) is 10.2. The SMILES string of the molecule is CCSCCCNc1ccc(C(=O)CC)cc1. The standard InChI is InChI=1S/C14H21NOS/c1-3-14(16)12-6-8-13(9-7-12)15-10-5-11-17-4-2/h6-9,15H,3-5,10-11H2,1-2H3. The molecule has 0 aromatic heterocycles. The van der Waals surface area contributed by atoms with E-state index in [1.54, 1.807) is 0 Å². The highest BCUT2D eigenvalue weighted by atomic mass is 32.2. The number of hydrogen-bond donors (Lipinski definition) is 1. The molecule has 1 N–H and O–H groups in total. The Morgan fingerprint density at radius 2 is 1.94 bits per heavy atom. The zero-order valence-corrected chi connectivity index (χ0v) is 11.5. The highest BCUT2D eigenvalue weighted by Crippen LogP contribution is 2.11. The molecule has 0 bridgehead atoms. The fraction of sp³-hybridized carbons (Fsp3) is 0.500. The summed E-state index contributed by atoms with van der Waals surface area (Å²) < 4.78 is 0. The third-order valence-corrected chi connectivity index (χ3v) is 3.51. The van der Waals surface area contributed by atoms with E-state index >= 15 is 0 Å². The smallest absolute Gasteiger partial charge is 0.162 e. The summed E-state index contributed by atoms with van der Waals surface area (Å²) >= 11 is 1.97. The van der Waals surface area contributed by atoms with Crippen LogP contribution in [0.15, 0.2) is 24.3 Å². The van der Waals surface area contributed by atoms with Crippen LogP contribution in [0.1, 0.15) is 37.0 Å². The zero-order valence-electron chi connectivity index (χ0n) is 10.7. The fourth-order valence-corrected chi connectivity index (χ4v) is 2.17. The molecule has 1 aromatic rings. The van der Waals surface area contributed by atoms with E-state index in [-0.39, 0.29) is 5.78 Å². The minimum Gasteiger partial charge on any atom is -0.385 e. The van der Waals surface area contributed by atoms with Crippen molar-refractivity contribution in [2.45, 2.75) is 26.7 Å². The van der Waals surface area contributed by atoms with Crippen molar-refractivity contribution >= 4 is 23.2 Å². The van der Waals surface area contributed by atoms with E-state index in [0.717, 1.165) is 17.8 Å². The molecule has 0 aliphatic heterocycles. The molecule has 0 unspecified atom stereocenters. The molecule has 1 rings (SSSR count). The number of ketones is 1. The van der Waals surface area contributed by atoms with E-state index in [1.165, 1.54) is 17.9 Å². The van der Waals surface area contributed by atoms with Gasteiger partial charge in [-0.25, -0.2) is 0 Å². The molecule has 3 heteroatoms. The molecule has 0 aliphatic carbocycles. The average Bonchev–Trinajstić information content (AvgIpc) is 2.38. The van der Waals surface area contributed by atoms with Crippen molar-refractivity contribution in [2.75, 3.05) is 23.4 Å². The van der Waals surface area contributed by atoms with Crippen molar-refractivity contribution in [1.82, 2.24) is 0 Å². The summed E-state index contributed by atoms with van der Waals surface area (Å²) in [6.45, 7) is 5.07. The number of carbonyl (C=O) groups is 1. The van der Waals surface area contributed by atoms with Crippen molar-refractivity contribution in [2.24, 2.45) is 0 Å². The summed E-state index contributed by atoms with van der Waals surface area (Å²) in [4.78, 5) is 11.4. The maximum atomic E-state index is 11.4. The summed E-state index contributed by atoms with van der Waals surface area (Å²) in [6.07, 6.45) is 1.75. The van der Waals surface area contributed by atoms with Gasteiger partial charge in [0.2, 0.25) is 0 Å². The Morgan fingerprint density at radius 3 is 2.53 bits per heavy atom. The average molecular weight is 251 g/mol. The Kier molecular flexibility index (Phi) is 6.78. The number of rotatable bonds is 8. The molecular weight excluding hydrogens is 230 g/mol. The molecule has 0 heterocycles. The first-order valence-corrected chi connectivity index (χ1v) is 7.38. The van der Waals surface area contributed by atoms with Gasteiger partial charge in [-0.15, -0.1) is 0 Å². The molecule has 17 heavy (non-hydrogen) atoms. The van der Waals surface area contributed by atoms with Crippen LogP contribution in [0.25, 0.3) is 0 Å². The van der Waals surface area contributed by atoms with E-state index in [2.05, 4.69) is 12.2 Å². The number of benzene rings is 1. The monoisotopic (exact) mass is 251 g/mol. The second-order valence-corrected chi connectivity index (χ2v) is 5.23. The van der Waals surface area contributed by atoms with Gasteiger partial charge in [-0.2, -0.15) is 11.8 Å². The fourth-order valence-electron chi connectivity index (χ4n) is 1.53. The summed E-state index contributed by atoms with van der Waals surface area (Å²) in [6, 6.07) is 7.76. The quantitative estimate of drug-likeness (QED) is 0.562. The van der Waals surface area contributed by atoms with Crippen LogP contribution < -0.4 is 5.32 Å². The predicted molar refractivity (Wildman–Crippen MR) is 77.2 cm³/mol. The largest absolute Gasteiger partial charge is 0.385 e. The molecule has 2 nitrogen and oxygen atoms in total. The molecule has 0 fully saturated rings. The Hall–Kier alpha value is -0.960. The van der Waals surface area contributed by atoms with Crippen LogP contribution >= 0.6 is 11.8 Å². The van der Waals surface area contributed by atoms with Gasteiger partial charge in [-0.3, -0.25) is 4.79 Å². The van der Waals surface area contributed by atoms with Crippen LogP contribution in [-0.2, 0) is 0 Å². The van der Waals surface area contributed by atoms with Crippen LogP contribution in [0.3, 0.4) is 0 Å². The lowest BCUT2D eigenvalue weighted by atomic mass is 10.1. The third kappa shape index (κ3) is 5.26. The minimum atomic E-state index is 0.205. The van der Waals surface area contributed by atoms with E-state index in [1.807, 2.05) is 43.0 Å². The number of anilines is 1. The van der Waals surface area contributed by atoms with Gasteiger partial charge in [-0.1, -0.05) is 13.8 Å². The summed E-state index contributed by atoms with van der Waals surface area (Å²) in [5.41, 5.74) is 1.90. The Labute approximate surface area is 108 Å². The van der Waals surface area contributed by atoms with Crippen molar-refractivity contribution < 1.29 is 4.79 Å². The predicted octanol–water partition coefficient (Wildman–Crippen LogP) is 3.83. The number of carbonyl (C=O) groups excluding carboxylic acids is 1. The molecule has 1 aromatic carbocycles. The summed E-state index contributed by atoms with van der Waals surface area (Å²) in [5.74, 6) is 2.60. The van der Waals surface area contributed by atoms with Crippen LogP contribution in [0.2, 0.25) is 0 Å². The van der Waals surface area contributed by atoms with Gasteiger partial charge >= 0.3 is 0 Å². The van der Waals surface area contributed by atoms with Crippen LogP contribution in [0.4, 0.5) is 5.69 Å². The second kappa shape index (κ2) is 8.18. The van der Waals surface area contributed by atoms with E-state index in [4.69, 9.17) is 0 Å². The van der Waals surface area contributed by atoms with Crippen LogP contribution in [-0.4, -0.2) is 23.8 Å². The van der Waals surface area contributed by atoms with Gasteiger partial charge in [0, 0.05) is 24.2 Å². The van der Waals surface area contributed by atoms with Gasteiger partial charge < -0.3 is 5.32 Å². The molecule has 0 saturated carbocycles. The summed E-state index contributed by atoms with van der Waals surface area (Å²) in [5, 5.41) is 3.36. The molecule has 0 spiro atoms. The van der Waals surface area contributed by atoms with E-state index < -0.39 is 0 Å². The lowest BCUT2D eigenvalue weighted by Crippen LogP contribution is -2.03. The topological polar surface area (TPSA) is 29.1 Å². The molecule has 0 amide bonds. The molecule has 0 radical (unpaired) electrons. The van der Waals surface area contributed by atoms with Crippen molar-refractivity contribution in [3.8, 4) is 0 Å². The van der Waals surface area contributed by atoms with Crippen LogP contribution in [0.5, 0.6) is 0 Å². The first-order chi connectivity index (χ1) is 8.27. The number of nitrogens with one attached hydrogen (secondary N) is 1. The summed E-state index contributed by atoms with van der Waals surface area (Å²) in [7, 11) is 0. The molecule has 0 saturated heterocycles. The van der Waals surface area contributed by atoms with Crippen molar-refractivity contribution in [3.63, 3.8) is 0 Å². The van der Waals surface area contributed by atoms with Gasteiger partial charge in [0.1, 0.15) is 0 Å². The minimum absolute atomic E-state index is 0.205. The van der Waals surface area contributed by atoms with Gasteiger partial charge in [-0.05, 0) is 42.2 Å². The number of Topliss-reactive ketones (excluding diaryl/α,β-unsaturated/α-hetero) is 1. The number of thioether (sulfide) groups is 1. The van der Waals surface area contributed by atoms with Crippen molar-refractivity contribution in [1.29, 1.82) is 0 Å². The highest BCUT2D eigenvalue weighted by molar-refractivity contribution is 7.99. The number of hydrogen-bond acceptors (Lipinski definition) is 3. The molecular formula is C14H21NOS. The third-order valence-electron chi connectivity index (χ3n) is 2.53. The van der Waals surface area contributed by atoms with Gasteiger partial charge in [0.25, 0.3) is 0 Å². The lowest BCUT2D eigenvalue weighted by Gasteiger charge is -2.06. The van der Waals surface area contributed by atoms with E-state index in [9.17, 15) is 4.79 Å². The van der Waals surface area contributed by atoms with Gasteiger partial charge in [0.05, 0.1) is 0 Å². The highest BCUT2D eigenvalue weighted by Gasteiger charge is 2.01. The Bertz CT molecular complexity index is 335. The molecule has 0 atom stereocenters. The Morgan fingerprint density at radius 1 is 1.24 bits per heavy atom. The maximum absolute atomic E-state index is 11.4. The second-order valence-electron chi connectivity index (χ2n) is 3.83. The first-order valence-electron chi connectivity index (χ1n) is 6.22. The van der Waals surface area contributed by atoms with Crippen molar-refractivity contribution in [3.05, 3.63) is 29.8 Å². The van der Waals surface area contributed by atoms with Gasteiger partial charge in [0.15, 0.2) is 5.78 Å². The lowest BCUT2D eigenvalue weighted by molar-refractivity contribution is 0.0988. The zero-order chi connectivity index (χ0) is 12.5. The maximum Gasteiger partial charge on any atom is 0.162 e. The molecule has 94 valence electrons. The van der Waals surface area contributed by atoms with E-state index in [0.29, 0.717) is 6.42 Å².